The number of rotatable bonds is 9. The standard InChI is InChI=1S/C34H40O4/c1-7-30-28(24-15-13-23(4)14-16-24)20-27(22(2)3)33(38-30)29-19-26(17-18-31(29)37-21-32(35)36)34(5,6)25-11-9-8-10-12-25/h8-19,27-28,30,33H,2,7,20-21H2,1,3-6H3,(H,35,36)/t27-,28-,30+,33+/m1/s1. The molecule has 0 aliphatic carbocycles. The molecule has 0 unspecified atom stereocenters. The molecule has 0 spiro atoms. The van der Waals surface area contributed by atoms with Crippen LogP contribution in [0.25, 0.3) is 0 Å². The summed E-state index contributed by atoms with van der Waals surface area (Å²) in [6.07, 6.45) is 1.52. The Morgan fingerprint density at radius 3 is 2.34 bits per heavy atom. The first-order valence-electron chi connectivity index (χ1n) is 13.5. The van der Waals surface area contributed by atoms with Crippen LogP contribution >= 0.6 is 0 Å². The number of carboxylic acids is 1. The van der Waals surface area contributed by atoms with Crippen molar-refractivity contribution in [2.24, 2.45) is 5.92 Å². The Morgan fingerprint density at radius 2 is 1.74 bits per heavy atom. The molecule has 1 heterocycles. The monoisotopic (exact) mass is 512 g/mol. The molecule has 3 aromatic rings. The second kappa shape index (κ2) is 11.6. The second-order valence-electron chi connectivity index (χ2n) is 11.1. The molecule has 0 bridgehead atoms. The Kier molecular flexibility index (Phi) is 8.42. The van der Waals surface area contributed by atoms with E-state index in [1.165, 1.54) is 16.7 Å². The fourth-order valence-electron chi connectivity index (χ4n) is 5.67. The van der Waals surface area contributed by atoms with E-state index < -0.39 is 12.6 Å². The Labute approximate surface area is 227 Å². The Morgan fingerprint density at radius 1 is 1.05 bits per heavy atom. The highest BCUT2D eigenvalue weighted by Gasteiger charge is 2.40. The maximum absolute atomic E-state index is 11.4. The number of hydrogen-bond donors (Lipinski definition) is 1. The van der Waals surface area contributed by atoms with E-state index in [2.05, 4.69) is 95.8 Å². The third kappa shape index (κ3) is 5.86. The summed E-state index contributed by atoms with van der Waals surface area (Å²) in [5.41, 5.74) is 6.54. The second-order valence-corrected chi connectivity index (χ2v) is 11.1. The topological polar surface area (TPSA) is 55.8 Å². The van der Waals surface area contributed by atoms with E-state index in [1.807, 2.05) is 18.2 Å². The average Bonchev–Trinajstić information content (AvgIpc) is 2.92. The van der Waals surface area contributed by atoms with Crippen LogP contribution in [-0.2, 0) is 14.9 Å². The third-order valence-electron chi connectivity index (χ3n) is 8.07. The van der Waals surface area contributed by atoms with Crippen LogP contribution < -0.4 is 4.74 Å². The van der Waals surface area contributed by atoms with E-state index in [9.17, 15) is 9.90 Å². The van der Waals surface area contributed by atoms with E-state index in [-0.39, 0.29) is 29.5 Å². The molecule has 1 aliphatic rings. The number of carbonyl (C=O) groups is 1. The van der Waals surface area contributed by atoms with Crippen molar-refractivity contribution < 1.29 is 19.4 Å². The van der Waals surface area contributed by atoms with E-state index >= 15 is 0 Å². The van der Waals surface area contributed by atoms with Gasteiger partial charge >= 0.3 is 5.97 Å². The van der Waals surface area contributed by atoms with E-state index in [4.69, 9.17) is 9.47 Å². The minimum absolute atomic E-state index is 0.0245. The van der Waals surface area contributed by atoms with Crippen LogP contribution in [0.3, 0.4) is 0 Å². The summed E-state index contributed by atoms with van der Waals surface area (Å²) in [6.45, 7) is 14.7. The molecule has 1 aliphatic heterocycles. The molecule has 1 N–H and O–H groups in total. The molecule has 4 rings (SSSR count). The van der Waals surface area contributed by atoms with Crippen LogP contribution in [0, 0.1) is 12.8 Å². The summed E-state index contributed by atoms with van der Waals surface area (Å²) in [7, 11) is 0. The number of hydrogen-bond acceptors (Lipinski definition) is 3. The lowest BCUT2D eigenvalue weighted by Crippen LogP contribution is -2.36. The lowest BCUT2D eigenvalue weighted by Gasteiger charge is -2.43. The highest BCUT2D eigenvalue weighted by Crippen LogP contribution is 2.49. The minimum Gasteiger partial charge on any atom is -0.482 e. The Hall–Kier alpha value is -3.37. The van der Waals surface area contributed by atoms with Gasteiger partial charge in [-0.1, -0.05) is 99.2 Å². The average molecular weight is 513 g/mol. The van der Waals surface area contributed by atoms with Gasteiger partial charge in [0.15, 0.2) is 6.61 Å². The zero-order valence-electron chi connectivity index (χ0n) is 23.2. The smallest absolute Gasteiger partial charge is 0.341 e. The van der Waals surface area contributed by atoms with Crippen LogP contribution in [0.4, 0.5) is 0 Å². The van der Waals surface area contributed by atoms with Crippen molar-refractivity contribution in [2.75, 3.05) is 6.61 Å². The zero-order chi connectivity index (χ0) is 27.4. The number of aliphatic carboxylic acids is 1. The van der Waals surface area contributed by atoms with Gasteiger partial charge < -0.3 is 14.6 Å². The van der Waals surface area contributed by atoms with Crippen molar-refractivity contribution in [1.82, 2.24) is 0 Å². The Bertz CT molecular complexity index is 1260. The maximum atomic E-state index is 11.4. The molecule has 4 atom stereocenters. The molecule has 1 saturated heterocycles. The van der Waals surface area contributed by atoms with Crippen LogP contribution in [-0.4, -0.2) is 23.8 Å². The summed E-state index contributed by atoms with van der Waals surface area (Å²) < 4.78 is 12.8. The number of ether oxygens (including phenoxy) is 2. The lowest BCUT2D eigenvalue weighted by atomic mass is 9.73. The van der Waals surface area contributed by atoms with Gasteiger partial charge in [0.25, 0.3) is 0 Å². The molecular weight excluding hydrogens is 472 g/mol. The van der Waals surface area contributed by atoms with E-state index in [1.54, 1.807) is 0 Å². The summed E-state index contributed by atoms with van der Waals surface area (Å²) >= 11 is 0. The quantitative estimate of drug-likeness (QED) is 0.295. The van der Waals surface area contributed by atoms with Crippen LogP contribution in [0.1, 0.15) is 80.4 Å². The zero-order valence-corrected chi connectivity index (χ0v) is 23.2. The lowest BCUT2D eigenvalue weighted by molar-refractivity contribution is -0.139. The molecule has 0 aromatic heterocycles. The summed E-state index contributed by atoms with van der Waals surface area (Å²) in [6, 6.07) is 25.3. The molecule has 4 nitrogen and oxygen atoms in total. The van der Waals surface area contributed by atoms with Crippen molar-refractivity contribution in [1.29, 1.82) is 0 Å². The van der Waals surface area contributed by atoms with Crippen molar-refractivity contribution in [3.8, 4) is 5.75 Å². The summed E-state index contributed by atoms with van der Waals surface area (Å²) in [5, 5.41) is 9.34. The number of carboxylic acid groups (broad SMARTS) is 1. The first kappa shape index (κ1) is 27.7. The van der Waals surface area contributed by atoms with Crippen molar-refractivity contribution in [3.63, 3.8) is 0 Å². The van der Waals surface area contributed by atoms with Gasteiger partial charge in [-0.25, -0.2) is 4.79 Å². The van der Waals surface area contributed by atoms with Gasteiger partial charge in [-0.2, -0.15) is 0 Å². The van der Waals surface area contributed by atoms with Crippen LogP contribution in [0.15, 0.2) is 84.9 Å². The fourth-order valence-corrected chi connectivity index (χ4v) is 5.67. The molecule has 200 valence electrons. The van der Waals surface area contributed by atoms with Gasteiger partial charge in [-0.3, -0.25) is 0 Å². The van der Waals surface area contributed by atoms with Crippen LogP contribution in [0.5, 0.6) is 5.75 Å². The summed E-state index contributed by atoms with van der Waals surface area (Å²) in [4.78, 5) is 11.4. The molecular formula is C34H40O4. The minimum atomic E-state index is -1.00. The van der Waals surface area contributed by atoms with Gasteiger partial charge in [0, 0.05) is 22.8 Å². The molecule has 0 amide bonds. The van der Waals surface area contributed by atoms with Gasteiger partial charge in [-0.05, 0) is 55.5 Å². The highest BCUT2D eigenvalue weighted by atomic mass is 16.5. The van der Waals surface area contributed by atoms with Crippen molar-refractivity contribution in [2.45, 2.75) is 71.0 Å². The SMILES string of the molecule is C=C(C)[C@H]1C[C@H](c2ccc(C)cc2)[C@H](CC)O[C@@H]1c1cc(C(C)(C)c2ccccc2)ccc1OCC(=O)O. The van der Waals surface area contributed by atoms with Crippen LogP contribution in [0.2, 0.25) is 0 Å². The normalized spacial score (nSPS) is 21.6. The Balaban J connectivity index is 1.78. The molecule has 0 radical (unpaired) electrons. The molecule has 38 heavy (non-hydrogen) atoms. The number of benzene rings is 3. The predicted octanol–water partition coefficient (Wildman–Crippen LogP) is 8.00. The maximum Gasteiger partial charge on any atom is 0.341 e. The van der Waals surface area contributed by atoms with E-state index in [0.717, 1.165) is 29.5 Å². The molecule has 1 fully saturated rings. The number of aryl methyl sites for hydroxylation is 1. The predicted molar refractivity (Wildman–Crippen MR) is 153 cm³/mol. The largest absolute Gasteiger partial charge is 0.482 e. The third-order valence-corrected chi connectivity index (χ3v) is 8.07. The van der Waals surface area contributed by atoms with Gasteiger partial charge in [0.2, 0.25) is 0 Å². The molecule has 0 saturated carbocycles. The molecule has 4 heteroatoms. The molecule has 3 aromatic carbocycles. The van der Waals surface area contributed by atoms with Gasteiger partial charge in [0.05, 0.1) is 12.2 Å². The van der Waals surface area contributed by atoms with Crippen molar-refractivity contribution in [3.05, 3.63) is 113 Å². The summed E-state index contributed by atoms with van der Waals surface area (Å²) in [5.74, 6) is -0.131. The van der Waals surface area contributed by atoms with Crippen molar-refractivity contribution >= 4 is 5.97 Å². The van der Waals surface area contributed by atoms with E-state index in [0.29, 0.717) is 5.75 Å². The van der Waals surface area contributed by atoms with Gasteiger partial charge in [0.1, 0.15) is 5.75 Å². The fraction of sp³-hybridized carbons (Fsp3) is 0.382. The first-order chi connectivity index (χ1) is 18.1. The highest BCUT2D eigenvalue weighted by molar-refractivity contribution is 5.68. The van der Waals surface area contributed by atoms with Gasteiger partial charge in [-0.15, -0.1) is 0 Å². The first-order valence-corrected chi connectivity index (χ1v) is 13.5.